The first-order chi connectivity index (χ1) is 9.74. The average Bonchev–Trinajstić information content (AvgIpc) is 3.25. The van der Waals surface area contributed by atoms with E-state index in [9.17, 15) is 0 Å². The maximum absolute atomic E-state index is 5.64. The molecule has 1 N–H and O–H groups in total. The molecule has 0 amide bonds. The molecule has 3 nitrogen and oxygen atoms in total. The van der Waals surface area contributed by atoms with Crippen molar-refractivity contribution < 1.29 is 9.47 Å². The molecule has 2 rings (SSSR count). The molecule has 0 saturated heterocycles. The Morgan fingerprint density at radius 1 is 1.20 bits per heavy atom. The van der Waals surface area contributed by atoms with Gasteiger partial charge in [-0.05, 0) is 43.9 Å². The van der Waals surface area contributed by atoms with Gasteiger partial charge in [-0.15, -0.1) is 6.58 Å². The third-order valence-electron chi connectivity index (χ3n) is 3.27. The largest absolute Gasteiger partial charge is 0.491 e. The van der Waals surface area contributed by atoms with Crippen LogP contribution in [0.25, 0.3) is 0 Å². The fourth-order valence-corrected chi connectivity index (χ4v) is 1.82. The normalized spacial score (nSPS) is 14.2. The lowest BCUT2D eigenvalue weighted by Gasteiger charge is -2.08. The van der Waals surface area contributed by atoms with Gasteiger partial charge in [-0.1, -0.05) is 17.7 Å². The molecular formula is C17H25NO2. The molecule has 0 aliphatic heterocycles. The maximum Gasteiger partial charge on any atom is 0.119 e. The topological polar surface area (TPSA) is 30.5 Å². The summed E-state index contributed by atoms with van der Waals surface area (Å²) < 4.78 is 11.1. The Balaban J connectivity index is 1.57. The molecular weight excluding hydrogens is 250 g/mol. The van der Waals surface area contributed by atoms with Gasteiger partial charge in [0.15, 0.2) is 0 Å². The number of hydrogen-bond acceptors (Lipinski definition) is 3. The van der Waals surface area contributed by atoms with E-state index in [1.165, 1.54) is 18.4 Å². The van der Waals surface area contributed by atoms with Crippen LogP contribution in [0.3, 0.4) is 0 Å². The van der Waals surface area contributed by atoms with Crippen LogP contribution in [0.2, 0.25) is 0 Å². The predicted molar refractivity (Wildman–Crippen MR) is 82.0 cm³/mol. The van der Waals surface area contributed by atoms with Crippen molar-refractivity contribution in [2.24, 2.45) is 0 Å². The van der Waals surface area contributed by atoms with Crippen LogP contribution in [-0.2, 0) is 11.3 Å². The molecule has 3 heteroatoms. The van der Waals surface area contributed by atoms with E-state index in [1.54, 1.807) is 0 Å². The van der Waals surface area contributed by atoms with Crippen LogP contribution in [-0.4, -0.2) is 25.9 Å². The van der Waals surface area contributed by atoms with Gasteiger partial charge in [0.2, 0.25) is 0 Å². The Morgan fingerprint density at radius 2 is 1.95 bits per heavy atom. The first-order valence-corrected chi connectivity index (χ1v) is 7.41. The first-order valence-electron chi connectivity index (χ1n) is 7.41. The first kappa shape index (κ1) is 15.1. The highest BCUT2D eigenvalue weighted by Crippen LogP contribution is 2.19. The third-order valence-corrected chi connectivity index (χ3v) is 3.27. The summed E-state index contributed by atoms with van der Waals surface area (Å²) in [4.78, 5) is 0. The van der Waals surface area contributed by atoms with Gasteiger partial charge in [0.25, 0.3) is 0 Å². The zero-order valence-electron chi connectivity index (χ0n) is 12.4. The predicted octanol–water partition coefficient (Wildman–Crippen LogP) is 3.30. The van der Waals surface area contributed by atoms with E-state index >= 15 is 0 Å². The van der Waals surface area contributed by atoms with Crippen molar-refractivity contribution in [3.63, 3.8) is 0 Å². The van der Waals surface area contributed by atoms with E-state index in [2.05, 4.69) is 24.0 Å². The molecule has 0 unspecified atom stereocenters. The lowest BCUT2D eigenvalue weighted by molar-refractivity contribution is 0.102. The minimum atomic E-state index is 0.593. The van der Waals surface area contributed by atoms with Crippen LogP contribution in [0.1, 0.15) is 31.7 Å². The molecule has 0 spiro atoms. The molecule has 0 aromatic heterocycles. The molecule has 1 fully saturated rings. The van der Waals surface area contributed by atoms with E-state index in [0.717, 1.165) is 36.9 Å². The van der Waals surface area contributed by atoms with Crippen molar-refractivity contribution >= 4 is 0 Å². The van der Waals surface area contributed by atoms with E-state index in [-0.39, 0.29) is 0 Å². The zero-order chi connectivity index (χ0) is 14.2. The Morgan fingerprint density at radius 3 is 2.60 bits per heavy atom. The number of rotatable bonds is 10. The summed E-state index contributed by atoms with van der Waals surface area (Å²) in [5.74, 6) is 0.906. The molecule has 1 aliphatic carbocycles. The van der Waals surface area contributed by atoms with Crippen LogP contribution in [0.5, 0.6) is 5.75 Å². The van der Waals surface area contributed by atoms with Crippen molar-refractivity contribution in [2.75, 3.05) is 19.8 Å². The summed E-state index contributed by atoms with van der Waals surface area (Å²) in [6.45, 7) is 8.75. The summed E-state index contributed by atoms with van der Waals surface area (Å²) in [5.41, 5.74) is 2.46. The van der Waals surface area contributed by atoms with Gasteiger partial charge in [0.1, 0.15) is 12.4 Å². The molecule has 1 saturated carbocycles. The molecule has 0 heterocycles. The highest BCUT2D eigenvalue weighted by molar-refractivity contribution is 5.27. The molecule has 20 heavy (non-hydrogen) atoms. The number of hydrogen-bond donors (Lipinski definition) is 1. The van der Waals surface area contributed by atoms with Crippen LogP contribution in [0, 0.1) is 0 Å². The van der Waals surface area contributed by atoms with Crippen LogP contribution in [0.15, 0.2) is 36.4 Å². The molecule has 110 valence electrons. The second-order valence-corrected chi connectivity index (χ2v) is 5.47. The van der Waals surface area contributed by atoms with E-state index in [1.807, 2.05) is 19.1 Å². The maximum atomic E-state index is 5.64. The number of ether oxygens (including phenoxy) is 2. The fraction of sp³-hybridized carbons (Fsp3) is 0.529. The van der Waals surface area contributed by atoms with E-state index < -0.39 is 0 Å². The monoisotopic (exact) mass is 275 g/mol. The fourth-order valence-electron chi connectivity index (χ4n) is 1.82. The SMILES string of the molecule is C=C(C)CCOCCOc1ccc(CNC2CC2)cc1. The zero-order valence-corrected chi connectivity index (χ0v) is 12.4. The lowest BCUT2D eigenvalue weighted by Crippen LogP contribution is -2.15. The number of nitrogens with one attached hydrogen (secondary N) is 1. The summed E-state index contributed by atoms with van der Waals surface area (Å²) in [6, 6.07) is 9.04. The molecule has 0 radical (unpaired) electrons. The van der Waals surface area contributed by atoms with E-state index in [0.29, 0.717) is 13.2 Å². The van der Waals surface area contributed by atoms with Gasteiger partial charge in [-0.25, -0.2) is 0 Å². The summed E-state index contributed by atoms with van der Waals surface area (Å²) in [6.07, 6.45) is 3.57. The quantitative estimate of drug-likeness (QED) is 0.525. The van der Waals surface area contributed by atoms with Crippen molar-refractivity contribution in [1.29, 1.82) is 0 Å². The standard InChI is InChI=1S/C17H25NO2/c1-14(2)9-10-19-11-12-20-17-7-3-15(4-8-17)13-18-16-5-6-16/h3-4,7-8,16,18H,1,5-6,9-13H2,2H3. The lowest BCUT2D eigenvalue weighted by atomic mass is 10.2. The highest BCUT2D eigenvalue weighted by atomic mass is 16.5. The molecule has 1 aromatic carbocycles. The van der Waals surface area contributed by atoms with Crippen LogP contribution in [0.4, 0.5) is 0 Å². The van der Waals surface area contributed by atoms with Crippen LogP contribution < -0.4 is 10.1 Å². The third kappa shape index (κ3) is 6.22. The summed E-state index contributed by atoms with van der Waals surface area (Å²) in [5, 5.41) is 3.50. The number of benzene rings is 1. The van der Waals surface area contributed by atoms with Gasteiger partial charge in [-0.3, -0.25) is 0 Å². The van der Waals surface area contributed by atoms with E-state index in [4.69, 9.17) is 9.47 Å². The van der Waals surface area contributed by atoms with Gasteiger partial charge in [0, 0.05) is 12.6 Å². The Kier molecular flexibility index (Phi) is 6.09. The molecule has 0 atom stereocenters. The second-order valence-electron chi connectivity index (χ2n) is 5.47. The Labute approximate surface area is 122 Å². The van der Waals surface area contributed by atoms with Crippen molar-refractivity contribution in [1.82, 2.24) is 5.32 Å². The average molecular weight is 275 g/mol. The Bertz CT molecular complexity index is 410. The van der Waals surface area contributed by atoms with Gasteiger partial charge < -0.3 is 14.8 Å². The van der Waals surface area contributed by atoms with Crippen LogP contribution >= 0.6 is 0 Å². The van der Waals surface area contributed by atoms with Crippen molar-refractivity contribution in [3.8, 4) is 5.75 Å². The van der Waals surface area contributed by atoms with Crippen molar-refractivity contribution in [3.05, 3.63) is 42.0 Å². The van der Waals surface area contributed by atoms with Gasteiger partial charge >= 0.3 is 0 Å². The Hall–Kier alpha value is -1.32. The summed E-state index contributed by atoms with van der Waals surface area (Å²) in [7, 11) is 0. The minimum Gasteiger partial charge on any atom is -0.491 e. The summed E-state index contributed by atoms with van der Waals surface area (Å²) >= 11 is 0. The highest BCUT2D eigenvalue weighted by Gasteiger charge is 2.19. The smallest absolute Gasteiger partial charge is 0.119 e. The van der Waals surface area contributed by atoms with Crippen molar-refractivity contribution in [2.45, 2.75) is 38.8 Å². The van der Waals surface area contributed by atoms with Gasteiger partial charge in [0.05, 0.1) is 13.2 Å². The second kappa shape index (κ2) is 8.08. The minimum absolute atomic E-state index is 0.593. The molecule has 0 bridgehead atoms. The van der Waals surface area contributed by atoms with Gasteiger partial charge in [-0.2, -0.15) is 0 Å². The molecule has 1 aliphatic rings. The molecule has 1 aromatic rings.